The van der Waals surface area contributed by atoms with Gasteiger partial charge in [-0.25, -0.2) is 13.1 Å². The van der Waals surface area contributed by atoms with Crippen molar-refractivity contribution in [2.45, 2.75) is 31.6 Å². The fraction of sp³-hybridized carbons (Fsp3) is 0.538. The first-order valence-corrected chi connectivity index (χ1v) is 7.46. The van der Waals surface area contributed by atoms with Crippen LogP contribution in [0.3, 0.4) is 0 Å². The summed E-state index contributed by atoms with van der Waals surface area (Å²) in [6, 6.07) is 5.56. The highest BCUT2D eigenvalue weighted by Gasteiger charge is 2.17. The summed E-state index contributed by atoms with van der Waals surface area (Å²) in [5, 5.41) is 0. The van der Waals surface area contributed by atoms with Crippen molar-refractivity contribution < 1.29 is 13.2 Å². The normalized spacial score (nSPS) is 12.1. The van der Waals surface area contributed by atoms with E-state index in [2.05, 4.69) is 4.72 Å². The molecule has 0 amide bonds. The van der Waals surface area contributed by atoms with Gasteiger partial charge in [-0.15, -0.1) is 0 Å². The van der Waals surface area contributed by atoms with E-state index in [-0.39, 0.29) is 6.54 Å². The van der Waals surface area contributed by atoms with Crippen LogP contribution in [0.1, 0.15) is 30.9 Å². The Bertz CT molecular complexity index is 495. The Kier molecular flexibility index (Phi) is 5.31. The number of aryl methyl sites for hydroxylation is 1. The van der Waals surface area contributed by atoms with Gasteiger partial charge in [-0.2, -0.15) is 0 Å². The third-order valence-electron chi connectivity index (χ3n) is 2.77. The predicted octanol–water partition coefficient (Wildman–Crippen LogP) is 2.04. The van der Waals surface area contributed by atoms with Crippen molar-refractivity contribution in [2.75, 3.05) is 20.3 Å². The molecule has 0 atom stereocenters. The van der Waals surface area contributed by atoms with Crippen LogP contribution in [-0.2, 0) is 14.8 Å². The maximum Gasteiger partial charge on any atom is 0.240 e. The van der Waals surface area contributed by atoms with Crippen LogP contribution in [0.25, 0.3) is 0 Å². The zero-order valence-corrected chi connectivity index (χ0v) is 12.2. The Balaban J connectivity index is 3.03. The van der Waals surface area contributed by atoms with Crippen molar-refractivity contribution in [1.82, 2.24) is 4.72 Å². The van der Waals surface area contributed by atoms with Gasteiger partial charge >= 0.3 is 0 Å². The van der Waals surface area contributed by atoms with E-state index in [0.717, 1.165) is 11.1 Å². The quantitative estimate of drug-likeness (QED) is 0.806. The van der Waals surface area contributed by atoms with E-state index in [1.165, 1.54) is 0 Å². The molecule has 0 aliphatic rings. The first kappa shape index (κ1) is 15.1. The number of nitrogens with one attached hydrogen (secondary N) is 1. The topological polar surface area (TPSA) is 55.4 Å². The monoisotopic (exact) mass is 271 g/mol. The maximum absolute atomic E-state index is 12.1. The van der Waals surface area contributed by atoms with Crippen molar-refractivity contribution in [3.63, 3.8) is 0 Å². The molecule has 4 nitrogen and oxygen atoms in total. The molecule has 1 aromatic carbocycles. The second-order valence-electron chi connectivity index (χ2n) is 4.57. The average Bonchev–Trinajstić information content (AvgIpc) is 2.29. The molecule has 0 aliphatic heterocycles. The number of hydrogen-bond donors (Lipinski definition) is 1. The first-order valence-electron chi connectivity index (χ1n) is 5.97. The van der Waals surface area contributed by atoms with Crippen LogP contribution in [-0.4, -0.2) is 28.7 Å². The highest BCUT2D eigenvalue weighted by atomic mass is 32.2. The summed E-state index contributed by atoms with van der Waals surface area (Å²) in [5.74, 6) is 0.304. The minimum absolute atomic E-state index is 0.282. The summed E-state index contributed by atoms with van der Waals surface area (Å²) in [4.78, 5) is 0.352. The SMILES string of the molecule is COCCNS(=O)(=O)c1cc(C(C)C)ccc1C. The summed E-state index contributed by atoms with van der Waals surface area (Å²) < 4.78 is 31.6. The minimum atomic E-state index is -3.45. The van der Waals surface area contributed by atoms with Crippen molar-refractivity contribution in [1.29, 1.82) is 0 Å². The van der Waals surface area contributed by atoms with Crippen molar-refractivity contribution in [2.24, 2.45) is 0 Å². The minimum Gasteiger partial charge on any atom is -0.383 e. The molecule has 0 aromatic heterocycles. The summed E-state index contributed by atoms with van der Waals surface area (Å²) in [6.45, 7) is 6.53. The Labute approximate surface area is 109 Å². The molecule has 0 spiro atoms. The van der Waals surface area contributed by atoms with Crippen LogP contribution in [0.5, 0.6) is 0 Å². The summed E-state index contributed by atoms with van der Waals surface area (Å²) in [6.07, 6.45) is 0. The zero-order valence-electron chi connectivity index (χ0n) is 11.4. The fourth-order valence-electron chi connectivity index (χ4n) is 1.62. The lowest BCUT2D eigenvalue weighted by atomic mass is 10.0. The molecule has 0 unspecified atom stereocenters. The fourth-order valence-corrected chi connectivity index (χ4v) is 2.91. The lowest BCUT2D eigenvalue weighted by molar-refractivity contribution is 0.204. The molecule has 0 bridgehead atoms. The highest BCUT2D eigenvalue weighted by Crippen LogP contribution is 2.21. The van der Waals surface area contributed by atoms with Gasteiger partial charge < -0.3 is 4.74 Å². The van der Waals surface area contributed by atoms with Crippen molar-refractivity contribution in [3.05, 3.63) is 29.3 Å². The number of ether oxygens (including phenoxy) is 1. The van der Waals surface area contributed by atoms with Crippen LogP contribution < -0.4 is 4.72 Å². The van der Waals surface area contributed by atoms with Gasteiger partial charge in [-0.05, 0) is 30.0 Å². The Morgan fingerprint density at radius 1 is 1.33 bits per heavy atom. The number of sulfonamides is 1. The first-order chi connectivity index (χ1) is 8.38. The molecule has 1 rings (SSSR count). The molecule has 1 N–H and O–H groups in total. The van der Waals surface area contributed by atoms with E-state index in [1.807, 2.05) is 26.0 Å². The molecular formula is C13H21NO3S. The molecule has 102 valence electrons. The highest BCUT2D eigenvalue weighted by molar-refractivity contribution is 7.89. The largest absolute Gasteiger partial charge is 0.383 e. The second-order valence-corrected chi connectivity index (χ2v) is 6.31. The molecular weight excluding hydrogens is 250 g/mol. The van der Waals surface area contributed by atoms with Crippen LogP contribution in [0.15, 0.2) is 23.1 Å². The van der Waals surface area contributed by atoms with Crippen molar-refractivity contribution in [3.8, 4) is 0 Å². The van der Waals surface area contributed by atoms with Crippen LogP contribution in [0, 0.1) is 6.92 Å². The van der Waals surface area contributed by atoms with Crippen LogP contribution in [0.2, 0.25) is 0 Å². The Hall–Kier alpha value is -0.910. The maximum atomic E-state index is 12.1. The van der Waals surface area contributed by atoms with Gasteiger partial charge in [-0.3, -0.25) is 0 Å². The lowest BCUT2D eigenvalue weighted by Crippen LogP contribution is -2.27. The molecule has 1 aromatic rings. The Morgan fingerprint density at radius 3 is 2.56 bits per heavy atom. The van der Waals surface area contributed by atoms with Gasteiger partial charge in [0.25, 0.3) is 0 Å². The Morgan fingerprint density at radius 2 is 2.00 bits per heavy atom. The van der Waals surface area contributed by atoms with E-state index in [1.54, 1.807) is 20.1 Å². The third kappa shape index (κ3) is 3.80. The zero-order chi connectivity index (χ0) is 13.8. The number of hydrogen-bond acceptors (Lipinski definition) is 3. The van der Waals surface area contributed by atoms with E-state index >= 15 is 0 Å². The van der Waals surface area contributed by atoms with E-state index < -0.39 is 10.0 Å². The predicted molar refractivity (Wildman–Crippen MR) is 72.3 cm³/mol. The van der Waals surface area contributed by atoms with Gasteiger partial charge in [0, 0.05) is 13.7 Å². The second kappa shape index (κ2) is 6.31. The number of methoxy groups -OCH3 is 1. The van der Waals surface area contributed by atoms with Crippen molar-refractivity contribution >= 4 is 10.0 Å². The van der Waals surface area contributed by atoms with E-state index in [9.17, 15) is 8.42 Å². The third-order valence-corrected chi connectivity index (χ3v) is 4.37. The van der Waals surface area contributed by atoms with E-state index in [0.29, 0.717) is 17.4 Å². The molecule has 0 heterocycles. The molecule has 0 saturated heterocycles. The molecule has 0 saturated carbocycles. The number of benzene rings is 1. The van der Waals surface area contributed by atoms with Gasteiger partial charge in [0.2, 0.25) is 10.0 Å². The van der Waals surface area contributed by atoms with E-state index in [4.69, 9.17) is 4.74 Å². The summed E-state index contributed by atoms with van der Waals surface area (Å²) in [5.41, 5.74) is 1.78. The number of rotatable bonds is 6. The van der Waals surface area contributed by atoms with Crippen LogP contribution >= 0.6 is 0 Å². The molecule has 0 aliphatic carbocycles. The van der Waals surface area contributed by atoms with Gasteiger partial charge in [-0.1, -0.05) is 26.0 Å². The molecule has 0 radical (unpaired) electrons. The summed E-state index contributed by atoms with van der Waals surface area (Å²) in [7, 11) is -1.91. The van der Waals surface area contributed by atoms with Crippen LogP contribution in [0.4, 0.5) is 0 Å². The molecule has 18 heavy (non-hydrogen) atoms. The molecule has 0 fully saturated rings. The smallest absolute Gasteiger partial charge is 0.240 e. The van der Waals surface area contributed by atoms with Gasteiger partial charge in [0.05, 0.1) is 11.5 Å². The van der Waals surface area contributed by atoms with Gasteiger partial charge in [0.15, 0.2) is 0 Å². The standard InChI is InChI=1S/C13H21NO3S/c1-10(2)12-6-5-11(3)13(9-12)18(15,16)14-7-8-17-4/h5-6,9-10,14H,7-8H2,1-4H3. The average molecular weight is 271 g/mol. The molecule has 5 heteroatoms. The lowest BCUT2D eigenvalue weighted by Gasteiger charge is -2.12. The summed E-state index contributed by atoms with van der Waals surface area (Å²) >= 11 is 0. The van der Waals surface area contributed by atoms with Gasteiger partial charge in [0.1, 0.15) is 0 Å².